The zero-order valence-corrected chi connectivity index (χ0v) is 16.3. The highest BCUT2D eigenvalue weighted by molar-refractivity contribution is 5.64. The average Bonchev–Trinajstić information content (AvgIpc) is 2.73. The molecule has 2 aromatic rings. The van der Waals surface area contributed by atoms with Crippen molar-refractivity contribution < 1.29 is 4.79 Å². The van der Waals surface area contributed by atoms with Crippen LogP contribution in [0.5, 0.6) is 0 Å². The van der Waals surface area contributed by atoms with Crippen molar-refractivity contribution in [3.8, 4) is 11.1 Å². The Balaban J connectivity index is 1.65. The van der Waals surface area contributed by atoms with E-state index in [1.165, 1.54) is 41.4 Å². The SMILES string of the molecule is CCCCC1(C=O)CCC(c2ccc(-c3ccc(CC)cc3)cc2)CC1. The quantitative estimate of drug-likeness (QED) is 0.495. The maximum absolute atomic E-state index is 11.7. The number of rotatable bonds is 7. The number of aryl methyl sites for hydroxylation is 1. The first kappa shape index (κ1) is 18.9. The van der Waals surface area contributed by atoms with Gasteiger partial charge in [-0.2, -0.15) is 0 Å². The van der Waals surface area contributed by atoms with Crippen LogP contribution in [0.1, 0.15) is 75.8 Å². The smallest absolute Gasteiger partial charge is 0.126 e. The molecule has 0 heterocycles. The number of benzene rings is 2. The van der Waals surface area contributed by atoms with Gasteiger partial charge in [-0.1, -0.05) is 75.2 Å². The average molecular weight is 349 g/mol. The van der Waals surface area contributed by atoms with E-state index in [2.05, 4.69) is 62.4 Å². The Morgan fingerprint density at radius 2 is 1.50 bits per heavy atom. The summed E-state index contributed by atoms with van der Waals surface area (Å²) < 4.78 is 0. The van der Waals surface area contributed by atoms with E-state index in [4.69, 9.17) is 0 Å². The summed E-state index contributed by atoms with van der Waals surface area (Å²) in [5, 5.41) is 0. The Kier molecular flexibility index (Phi) is 6.29. The van der Waals surface area contributed by atoms with Gasteiger partial charge >= 0.3 is 0 Å². The molecule has 0 radical (unpaired) electrons. The minimum atomic E-state index is -0.0343. The van der Waals surface area contributed by atoms with Crippen LogP contribution in [-0.2, 0) is 11.2 Å². The van der Waals surface area contributed by atoms with Crippen molar-refractivity contribution in [2.45, 2.75) is 71.1 Å². The van der Waals surface area contributed by atoms with E-state index in [0.717, 1.165) is 38.5 Å². The Morgan fingerprint density at radius 1 is 0.923 bits per heavy atom. The molecule has 26 heavy (non-hydrogen) atoms. The number of hydrogen-bond donors (Lipinski definition) is 0. The molecule has 0 saturated heterocycles. The van der Waals surface area contributed by atoms with Crippen molar-refractivity contribution in [2.24, 2.45) is 5.41 Å². The zero-order chi connectivity index (χ0) is 18.4. The van der Waals surface area contributed by atoms with Crippen molar-refractivity contribution >= 4 is 6.29 Å². The summed E-state index contributed by atoms with van der Waals surface area (Å²) in [7, 11) is 0. The summed E-state index contributed by atoms with van der Waals surface area (Å²) in [6, 6.07) is 18.0. The van der Waals surface area contributed by atoms with E-state index in [1.807, 2.05) is 0 Å². The number of unbranched alkanes of at least 4 members (excludes halogenated alkanes) is 1. The van der Waals surface area contributed by atoms with Gasteiger partial charge in [0.15, 0.2) is 0 Å². The summed E-state index contributed by atoms with van der Waals surface area (Å²) >= 11 is 0. The fraction of sp³-hybridized carbons (Fsp3) is 0.480. The summed E-state index contributed by atoms with van der Waals surface area (Å²) in [6.07, 6.45) is 10.2. The van der Waals surface area contributed by atoms with E-state index in [9.17, 15) is 4.79 Å². The fourth-order valence-electron chi connectivity index (χ4n) is 4.36. The molecule has 1 aliphatic rings. The van der Waals surface area contributed by atoms with Gasteiger partial charge in [-0.15, -0.1) is 0 Å². The van der Waals surface area contributed by atoms with E-state index >= 15 is 0 Å². The third-order valence-electron chi connectivity index (χ3n) is 6.34. The summed E-state index contributed by atoms with van der Waals surface area (Å²) in [5.41, 5.74) is 5.37. The van der Waals surface area contributed by atoms with Crippen LogP contribution >= 0.6 is 0 Å². The lowest BCUT2D eigenvalue weighted by molar-refractivity contribution is -0.118. The molecule has 0 unspecified atom stereocenters. The second-order valence-electron chi connectivity index (χ2n) is 8.03. The molecule has 0 N–H and O–H groups in total. The van der Waals surface area contributed by atoms with Crippen LogP contribution in [-0.4, -0.2) is 6.29 Å². The van der Waals surface area contributed by atoms with Gasteiger partial charge in [0.2, 0.25) is 0 Å². The fourth-order valence-corrected chi connectivity index (χ4v) is 4.36. The second kappa shape index (κ2) is 8.66. The number of hydrogen-bond acceptors (Lipinski definition) is 1. The van der Waals surface area contributed by atoms with Crippen LogP contribution in [0.25, 0.3) is 11.1 Å². The monoisotopic (exact) mass is 348 g/mol. The van der Waals surface area contributed by atoms with Gasteiger partial charge in [-0.05, 0) is 66.7 Å². The largest absolute Gasteiger partial charge is 0.303 e. The molecule has 0 atom stereocenters. The van der Waals surface area contributed by atoms with Gasteiger partial charge in [-0.3, -0.25) is 0 Å². The Hall–Kier alpha value is -1.89. The number of carbonyl (C=O) groups is 1. The van der Waals surface area contributed by atoms with Crippen LogP contribution < -0.4 is 0 Å². The standard InChI is InChI=1S/C25H32O/c1-3-5-16-25(19-26)17-14-24(15-18-25)23-12-10-22(11-13-23)21-8-6-20(4-2)7-9-21/h6-13,19,24H,3-5,14-18H2,1-2H3. The van der Waals surface area contributed by atoms with E-state index in [0.29, 0.717) is 5.92 Å². The van der Waals surface area contributed by atoms with E-state index in [-0.39, 0.29) is 5.41 Å². The molecular formula is C25H32O. The molecule has 1 fully saturated rings. The lowest BCUT2D eigenvalue weighted by atomic mass is 9.67. The van der Waals surface area contributed by atoms with Crippen molar-refractivity contribution in [2.75, 3.05) is 0 Å². The Morgan fingerprint density at radius 3 is 2.00 bits per heavy atom. The molecule has 1 heteroatoms. The molecule has 1 nitrogen and oxygen atoms in total. The second-order valence-corrected chi connectivity index (χ2v) is 8.03. The summed E-state index contributed by atoms with van der Waals surface area (Å²) in [4.78, 5) is 11.7. The highest BCUT2D eigenvalue weighted by Crippen LogP contribution is 2.44. The molecule has 138 valence electrons. The first-order valence-corrected chi connectivity index (χ1v) is 10.4. The molecule has 0 aromatic heterocycles. The lowest BCUT2D eigenvalue weighted by Crippen LogP contribution is -2.28. The Labute approximate surface area is 158 Å². The van der Waals surface area contributed by atoms with Crippen molar-refractivity contribution in [1.29, 1.82) is 0 Å². The minimum absolute atomic E-state index is 0.0343. The lowest BCUT2D eigenvalue weighted by Gasteiger charge is -2.36. The van der Waals surface area contributed by atoms with Crippen LogP contribution in [0.3, 0.4) is 0 Å². The molecule has 0 bridgehead atoms. The maximum Gasteiger partial charge on any atom is 0.126 e. The third-order valence-corrected chi connectivity index (χ3v) is 6.34. The highest BCUT2D eigenvalue weighted by atomic mass is 16.1. The molecule has 0 spiro atoms. The summed E-state index contributed by atoms with van der Waals surface area (Å²) in [5.74, 6) is 0.612. The molecule has 2 aromatic carbocycles. The number of aldehydes is 1. The molecule has 1 saturated carbocycles. The van der Waals surface area contributed by atoms with Gasteiger partial charge < -0.3 is 4.79 Å². The Bertz CT molecular complexity index is 688. The molecule has 1 aliphatic carbocycles. The van der Waals surface area contributed by atoms with Gasteiger partial charge in [0.1, 0.15) is 6.29 Å². The third kappa shape index (κ3) is 4.26. The zero-order valence-electron chi connectivity index (χ0n) is 16.3. The highest BCUT2D eigenvalue weighted by Gasteiger charge is 2.34. The first-order chi connectivity index (χ1) is 12.7. The van der Waals surface area contributed by atoms with Gasteiger partial charge in [0.05, 0.1) is 0 Å². The predicted molar refractivity (Wildman–Crippen MR) is 110 cm³/mol. The van der Waals surface area contributed by atoms with Gasteiger partial charge in [0.25, 0.3) is 0 Å². The van der Waals surface area contributed by atoms with Gasteiger partial charge in [0, 0.05) is 5.41 Å². The molecule has 0 aliphatic heterocycles. The predicted octanol–water partition coefficient (Wildman–Crippen LogP) is 6.95. The topological polar surface area (TPSA) is 17.1 Å². The van der Waals surface area contributed by atoms with E-state index in [1.54, 1.807) is 0 Å². The number of carbonyl (C=O) groups excluding carboxylic acids is 1. The van der Waals surface area contributed by atoms with Crippen molar-refractivity contribution in [1.82, 2.24) is 0 Å². The molecule has 3 rings (SSSR count). The van der Waals surface area contributed by atoms with Crippen LogP contribution in [0.15, 0.2) is 48.5 Å². The summed E-state index contributed by atoms with van der Waals surface area (Å²) in [6.45, 7) is 4.40. The van der Waals surface area contributed by atoms with Crippen LogP contribution in [0.4, 0.5) is 0 Å². The normalized spacial score (nSPS) is 22.9. The van der Waals surface area contributed by atoms with E-state index < -0.39 is 0 Å². The first-order valence-electron chi connectivity index (χ1n) is 10.4. The molecule has 0 amide bonds. The maximum atomic E-state index is 11.7. The van der Waals surface area contributed by atoms with Crippen molar-refractivity contribution in [3.05, 3.63) is 59.7 Å². The minimum Gasteiger partial charge on any atom is -0.303 e. The van der Waals surface area contributed by atoms with Gasteiger partial charge in [-0.25, -0.2) is 0 Å². The molecular weight excluding hydrogens is 316 g/mol. The van der Waals surface area contributed by atoms with Crippen LogP contribution in [0, 0.1) is 5.41 Å². The van der Waals surface area contributed by atoms with Crippen LogP contribution in [0.2, 0.25) is 0 Å². The van der Waals surface area contributed by atoms with Crippen molar-refractivity contribution in [3.63, 3.8) is 0 Å².